The van der Waals surface area contributed by atoms with E-state index in [2.05, 4.69) is 32.7 Å². The first-order valence-electron chi connectivity index (χ1n) is 7.87. The fourth-order valence-electron chi connectivity index (χ4n) is 2.10. The third kappa shape index (κ3) is 7.48. The van der Waals surface area contributed by atoms with Crippen molar-refractivity contribution < 1.29 is 0 Å². The normalized spacial score (nSPS) is 11.0. The van der Waals surface area contributed by atoms with Crippen molar-refractivity contribution in [2.45, 2.75) is 32.9 Å². The molecule has 1 aromatic heterocycles. The monoisotopic (exact) mass is 462 g/mol. The van der Waals surface area contributed by atoms with Crippen LogP contribution >= 0.6 is 35.6 Å². The molecule has 2 N–H and O–H groups in total. The summed E-state index contributed by atoms with van der Waals surface area (Å²) in [6.07, 6.45) is 5.59. The van der Waals surface area contributed by atoms with Crippen molar-refractivity contribution in [2.75, 3.05) is 13.1 Å². The van der Waals surface area contributed by atoms with Gasteiger partial charge in [-0.2, -0.15) is 0 Å². The number of rotatable bonds is 8. The van der Waals surface area contributed by atoms with Gasteiger partial charge in [-0.15, -0.1) is 34.2 Å². The molecule has 8 heteroatoms. The Morgan fingerprint density at radius 3 is 2.62 bits per heavy atom. The lowest BCUT2D eigenvalue weighted by atomic mass is 10.2. The van der Waals surface area contributed by atoms with Gasteiger partial charge in [-0.25, -0.2) is 4.99 Å². The van der Waals surface area contributed by atoms with E-state index < -0.39 is 0 Å². The molecular weight excluding hydrogens is 439 g/mol. The summed E-state index contributed by atoms with van der Waals surface area (Å²) in [6.45, 7) is 5.25. The van der Waals surface area contributed by atoms with Crippen LogP contribution in [0.5, 0.6) is 0 Å². The minimum atomic E-state index is 0. The van der Waals surface area contributed by atoms with Gasteiger partial charge in [0.1, 0.15) is 12.7 Å². The third-order valence-electron chi connectivity index (χ3n) is 3.31. The molecule has 2 aromatic rings. The average Bonchev–Trinajstić information content (AvgIpc) is 3.07. The molecule has 6 nitrogen and oxygen atoms in total. The minimum absolute atomic E-state index is 0. The second-order valence-corrected chi connectivity index (χ2v) is 5.53. The highest BCUT2D eigenvalue weighted by atomic mass is 127. The van der Waals surface area contributed by atoms with Crippen LogP contribution in [0.2, 0.25) is 5.02 Å². The van der Waals surface area contributed by atoms with Gasteiger partial charge in [-0.1, -0.05) is 29.8 Å². The van der Waals surface area contributed by atoms with Crippen LogP contribution in [0.4, 0.5) is 0 Å². The zero-order valence-corrected chi connectivity index (χ0v) is 16.9. The van der Waals surface area contributed by atoms with E-state index in [4.69, 9.17) is 11.6 Å². The van der Waals surface area contributed by atoms with Crippen LogP contribution in [0.1, 0.15) is 25.3 Å². The first kappa shape index (κ1) is 20.7. The standard InChI is InChI=1S/C16H23ClN6.HI/c1-2-18-16(20-11-14-7-3-4-8-15(14)17)19-9-5-6-10-23-12-21-22-13-23;/h3-4,7-8,12-13H,2,5-6,9-11H2,1H3,(H2,18,19,20);1H. The molecule has 0 amide bonds. The Morgan fingerprint density at radius 2 is 1.92 bits per heavy atom. The number of aromatic nitrogens is 3. The van der Waals surface area contributed by atoms with Gasteiger partial charge < -0.3 is 15.2 Å². The maximum atomic E-state index is 6.16. The summed E-state index contributed by atoms with van der Waals surface area (Å²) >= 11 is 6.16. The van der Waals surface area contributed by atoms with Crippen molar-refractivity contribution >= 4 is 41.5 Å². The molecule has 0 saturated heterocycles. The zero-order valence-electron chi connectivity index (χ0n) is 13.8. The van der Waals surface area contributed by atoms with Gasteiger partial charge >= 0.3 is 0 Å². The van der Waals surface area contributed by atoms with E-state index in [9.17, 15) is 0 Å². The molecule has 0 saturated carbocycles. The smallest absolute Gasteiger partial charge is 0.191 e. The fourth-order valence-corrected chi connectivity index (χ4v) is 2.29. The fraction of sp³-hybridized carbons (Fsp3) is 0.438. The number of aliphatic imine (C=N–C) groups is 1. The predicted molar refractivity (Wildman–Crippen MR) is 109 cm³/mol. The zero-order chi connectivity index (χ0) is 16.3. The summed E-state index contributed by atoms with van der Waals surface area (Å²) < 4.78 is 1.98. The Morgan fingerprint density at radius 1 is 1.17 bits per heavy atom. The maximum absolute atomic E-state index is 6.16. The molecule has 0 bridgehead atoms. The number of nitrogens with zero attached hydrogens (tertiary/aromatic N) is 4. The second-order valence-electron chi connectivity index (χ2n) is 5.12. The average molecular weight is 463 g/mol. The molecule has 1 aromatic carbocycles. The highest BCUT2D eigenvalue weighted by Gasteiger charge is 2.00. The van der Waals surface area contributed by atoms with E-state index in [-0.39, 0.29) is 24.0 Å². The number of benzene rings is 1. The van der Waals surface area contributed by atoms with Crippen molar-refractivity contribution in [1.29, 1.82) is 0 Å². The summed E-state index contributed by atoms with van der Waals surface area (Å²) in [7, 11) is 0. The largest absolute Gasteiger partial charge is 0.357 e. The minimum Gasteiger partial charge on any atom is -0.357 e. The van der Waals surface area contributed by atoms with E-state index in [1.807, 2.05) is 28.8 Å². The molecule has 2 rings (SSSR count). The summed E-state index contributed by atoms with van der Waals surface area (Å²) in [4.78, 5) is 4.58. The molecule has 0 spiro atoms. The summed E-state index contributed by atoms with van der Waals surface area (Å²) in [5.41, 5.74) is 1.03. The third-order valence-corrected chi connectivity index (χ3v) is 3.68. The number of guanidine groups is 1. The van der Waals surface area contributed by atoms with Crippen molar-refractivity contribution in [2.24, 2.45) is 4.99 Å². The number of hydrogen-bond donors (Lipinski definition) is 2. The van der Waals surface area contributed by atoms with Gasteiger partial charge in [-0.3, -0.25) is 0 Å². The molecule has 24 heavy (non-hydrogen) atoms. The Kier molecular flexibility index (Phi) is 10.4. The SMILES string of the molecule is CCNC(=NCc1ccccc1Cl)NCCCCn1cnnc1.I. The van der Waals surface area contributed by atoms with Crippen molar-refractivity contribution in [3.8, 4) is 0 Å². The van der Waals surface area contributed by atoms with Crippen molar-refractivity contribution in [1.82, 2.24) is 25.4 Å². The summed E-state index contributed by atoms with van der Waals surface area (Å²) in [6, 6.07) is 7.78. The molecule has 132 valence electrons. The summed E-state index contributed by atoms with van der Waals surface area (Å²) in [5.74, 6) is 0.816. The van der Waals surface area contributed by atoms with Gasteiger partial charge in [0, 0.05) is 24.7 Å². The van der Waals surface area contributed by atoms with Crippen molar-refractivity contribution in [3.63, 3.8) is 0 Å². The van der Waals surface area contributed by atoms with Crippen LogP contribution in [-0.2, 0) is 13.1 Å². The molecule has 0 aliphatic rings. The van der Waals surface area contributed by atoms with Crippen LogP contribution in [0, 0.1) is 0 Å². The van der Waals surface area contributed by atoms with E-state index in [1.165, 1.54) is 0 Å². The van der Waals surface area contributed by atoms with E-state index in [1.54, 1.807) is 12.7 Å². The van der Waals surface area contributed by atoms with Gasteiger partial charge in [0.15, 0.2) is 5.96 Å². The number of halogens is 2. The second kappa shape index (κ2) is 12.1. The van der Waals surface area contributed by atoms with Gasteiger partial charge in [0.2, 0.25) is 0 Å². The Labute approximate surface area is 165 Å². The molecule has 0 aliphatic heterocycles. The lowest BCUT2D eigenvalue weighted by Gasteiger charge is -2.11. The van der Waals surface area contributed by atoms with Gasteiger partial charge in [-0.05, 0) is 31.4 Å². The van der Waals surface area contributed by atoms with E-state index in [0.29, 0.717) is 6.54 Å². The van der Waals surface area contributed by atoms with E-state index >= 15 is 0 Å². The first-order valence-corrected chi connectivity index (χ1v) is 8.25. The van der Waals surface area contributed by atoms with Crippen LogP contribution < -0.4 is 10.6 Å². The molecule has 1 heterocycles. The number of aryl methyl sites for hydroxylation is 1. The van der Waals surface area contributed by atoms with Crippen LogP contribution in [0.15, 0.2) is 41.9 Å². The maximum Gasteiger partial charge on any atom is 0.191 e. The number of unbranched alkanes of at least 4 members (excludes halogenated alkanes) is 1. The topological polar surface area (TPSA) is 67.1 Å². The highest BCUT2D eigenvalue weighted by Crippen LogP contribution is 2.15. The van der Waals surface area contributed by atoms with Crippen LogP contribution in [0.25, 0.3) is 0 Å². The Hall–Kier alpha value is -1.35. The lowest BCUT2D eigenvalue weighted by molar-refractivity contribution is 0.598. The molecule has 0 fully saturated rings. The van der Waals surface area contributed by atoms with E-state index in [0.717, 1.165) is 49.0 Å². The number of nitrogens with one attached hydrogen (secondary N) is 2. The quantitative estimate of drug-likeness (QED) is 0.274. The van der Waals surface area contributed by atoms with Gasteiger partial charge in [0.25, 0.3) is 0 Å². The van der Waals surface area contributed by atoms with Crippen LogP contribution in [0.3, 0.4) is 0 Å². The van der Waals surface area contributed by atoms with Crippen LogP contribution in [-0.4, -0.2) is 33.8 Å². The molecule has 0 radical (unpaired) electrons. The molecular formula is C16H24ClIN6. The highest BCUT2D eigenvalue weighted by molar-refractivity contribution is 14.0. The first-order chi connectivity index (χ1) is 11.3. The Balaban J connectivity index is 0.00000288. The van der Waals surface area contributed by atoms with Gasteiger partial charge in [0.05, 0.1) is 6.54 Å². The molecule has 0 unspecified atom stereocenters. The lowest BCUT2D eigenvalue weighted by Crippen LogP contribution is -2.37. The van der Waals surface area contributed by atoms with Crippen molar-refractivity contribution in [3.05, 3.63) is 47.5 Å². The number of hydrogen-bond acceptors (Lipinski definition) is 3. The summed E-state index contributed by atoms with van der Waals surface area (Å²) in [5, 5.41) is 14.9. The predicted octanol–water partition coefficient (Wildman–Crippen LogP) is 3.09. The molecule has 0 aliphatic carbocycles. The molecule has 0 atom stereocenters. The Bertz CT molecular complexity index is 602.